The predicted octanol–water partition coefficient (Wildman–Crippen LogP) is 10.1. The normalized spacial score (nSPS) is 11.9. The number of allylic oxidation sites excluding steroid dienone is 6. The van der Waals surface area contributed by atoms with Crippen LogP contribution in [0.4, 0.5) is 0 Å². The molecule has 0 aromatic heterocycles. The van der Waals surface area contributed by atoms with Gasteiger partial charge in [-0.15, -0.1) is 0 Å². The lowest BCUT2D eigenvalue weighted by atomic mass is 9.99. The van der Waals surface area contributed by atoms with E-state index in [1.807, 2.05) is 0 Å². The molecule has 0 nitrogen and oxygen atoms in total. The second kappa shape index (κ2) is 20.7. The summed E-state index contributed by atoms with van der Waals surface area (Å²) in [5, 5.41) is 0. The van der Waals surface area contributed by atoms with Gasteiger partial charge in [0.05, 0.1) is 0 Å². The van der Waals surface area contributed by atoms with Crippen molar-refractivity contribution in [2.24, 2.45) is 5.92 Å². The molecule has 0 radical (unpaired) electrons. The van der Waals surface area contributed by atoms with Crippen LogP contribution in [-0.4, -0.2) is 0 Å². The summed E-state index contributed by atoms with van der Waals surface area (Å²) in [7, 11) is 0. The number of unbranched alkanes of at least 4 members (excludes halogenated alkanes) is 9. The van der Waals surface area contributed by atoms with Crippen LogP contribution in [0.2, 0.25) is 0 Å². The fourth-order valence-electron chi connectivity index (χ4n) is 3.57. The van der Waals surface area contributed by atoms with Gasteiger partial charge in [-0.25, -0.2) is 0 Å². The SMILES string of the molecule is C=C(CCCC)CCC/C=C/C=C/CCCCCCCCCC(=C)CC(C)C. The van der Waals surface area contributed by atoms with Gasteiger partial charge in [0.2, 0.25) is 0 Å². The van der Waals surface area contributed by atoms with Crippen LogP contribution < -0.4 is 0 Å². The highest BCUT2D eigenvalue weighted by Crippen LogP contribution is 2.17. The van der Waals surface area contributed by atoms with Crippen molar-refractivity contribution in [2.45, 2.75) is 124 Å². The van der Waals surface area contributed by atoms with Crippen LogP contribution in [0.1, 0.15) is 124 Å². The quantitative estimate of drug-likeness (QED) is 0.111. The average Bonchev–Trinajstić information content (AvgIpc) is 2.65. The van der Waals surface area contributed by atoms with Crippen LogP contribution in [0.5, 0.6) is 0 Å². The Bertz CT molecular complexity index is 421. The van der Waals surface area contributed by atoms with E-state index >= 15 is 0 Å². The van der Waals surface area contributed by atoms with E-state index in [1.54, 1.807) is 0 Å². The van der Waals surface area contributed by atoms with E-state index in [0.29, 0.717) is 0 Å². The van der Waals surface area contributed by atoms with Crippen LogP contribution in [0.15, 0.2) is 48.6 Å². The molecule has 0 amide bonds. The van der Waals surface area contributed by atoms with Crippen molar-refractivity contribution in [3.8, 4) is 0 Å². The topological polar surface area (TPSA) is 0 Å². The van der Waals surface area contributed by atoms with Crippen molar-refractivity contribution in [1.29, 1.82) is 0 Å². The molecular formula is C28H50. The highest BCUT2D eigenvalue weighted by Gasteiger charge is 1.99. The van der Waals surface area contributed by atoms with Gasteiger partial charge >= 0.3 is 0 Å². The van der Waals surface area contributed by atoms with E-state index < -0.39 is 0 Å². The molecule has 0 spiro atoms. The summed E-state index contributed by atoms with van der Waals surface area (Å²) in [6.07, 6.45) is 29.8. The summed E-state index contributed by atoms with van der Waals surface area (Å²) >= 11 is 0. The van der Waals surface area contributed by atoms with Gasteiger partial charge in [0.15, 0.2) is 0 Å². The fraction of sp³-hybridized carbons (Fsp3) is 0.714. The monoisotopic (exact) mass is 386 g/mol. The summed E-state index contributed by atoms with van der Waals surface area (Å²) in [5.74, 6) is 0.762. The first-order valence-corrected chi connectivity index (χ1v) is 12.2. The molecular weight excluding hydrogens is 336 g/mol. The van der Waals surface area contributed by atoms with E-state index in [0.717, 1.165) is 5.92 Å². The largest absolute Gasteiger partial charge is 0.0999 e. The van der Waals surface area contributed by atoms with Crippen molar-refractivity contribution in [3.63, 3.8) is 0 Å². The Labute approximate surface area is 178 Å². The molecule has 0 atom stereocenters. The highest BCUT2D eigenvalue weighted by molar-refractivity contribution is 5.03. The van der Waals surface area contributed by atoms with Gasteiger partial charge in [0.25, 0.3) is 0 Å². The van der Waals surface area contributed by atoms with Gasteiger partial charge in [-0.3, -0.25) is 0 Å². The third-order valence-electron chi connectivity index (χ3n) is 5.27. The summed E-state index contributed by atoms with van der Waals surface area (Å²) < 4.78 is 0. The zero-order chi connectivity index (χ0) is 20.9. The van der Waals surface area contributed by atoms with E-state index in [2.05, 4.69) is 58.2 Å². The highest BCUT2D eigenvalue weighted by atomic mass is 14.0. The fourth-order valence-corrected chi connectivity index (χ4v) is 3.57. The average molecular weight is 387 g/mol. The van der Waals surface area contributed by atoms with Crippen LogP contribution in [0.3, 0.4) is 0 Å². The summed E-state index contributed by atoms with van der Waals surface area (Å²) in [6.45, 7) is 15.2. The molecule has 0 aliphatic carbocycles. The van der Waals surface area contributed by atoms with Crippen LogP contribution in [0.25, 0.3) is 0 Å². The molecule has 0 N–H and O–H groups in total. The second-order valence-electron chi connectivity index (χ2n) is 8.96. The van der Waals surface area contributed by atoms with Crippen molar-refractivity contribution >= 4 is 0 Å². The molecule has 0 aromatic carbocycles. The number of hydrogen-bond acceptors (Lipinski definition) is 0. The Kier molecular flexibility index (Phi) is 19.9. The molecule has 0 fully saturated rings. The molecule has 0 aromatic rings. The molecule has 0 heteroatoms. The van der Waals surface area contributed by atoms with Crippen molar-refractivity contribution in [3.05, 3.63) is 48.6 Å². The summed E-state index contributed by atoms with van der Waals surface area (Å²) in [4.78, 5) is 0. The van der Waals surface area contributed by atoms with Gasteiger partial charge in [-0.1, -0.05) is 108 Å². The molecule has 162 valence electrons. The van der Waals surface area contributed by atoms with Crippen molar-refractivity contribution in [1.82, 2.24) is 0 Å². The van der Waals surface area contributed by atoms with Crippen LogP contribution in [0, 0.1) is 5.92 Å². The predicted molar refractivity (Wildman–Crippen MR) is 131 cm³/mol. The maximum atomic E-state index is 4.20. The third kappa shape index (κ3) is 21.3. The Morgan fingerprint density at radius 1 is 0.643 bits per heavy atom. The van der Waals surface area contributed by atoms with Gasteiger partial charge < -0.3 is 0 Å². The lowest BCUT2D eigenvalue weighted by molar-refractivity contribution is 0.567. The molecule has 0 heterocycles. The van der Waals surface area contributed by atoms with Gasteiger partial charge in [-0.2, -0.15) is 0 Å². The molecule has 0 bridgehead atoms. The Hall–Kier alpha value is -1.04. The van der Waals surface area contributed by atoms with Crippen molar-refractivity contribution in [2.75, 3.05) is 0 Å². The minimum atomic E-state index is 0.762. The summed E-state index contributed by atoms with van der Waals surface area (Å²) in [5.41, 5.74) is 2.88. The summed E-state index contributed by atoms with van der Waals surface area (Å²) in [6, 6.07) is 0. The second-order valence-corrected chi connectivity index (χ2v) is 8.96. The van der Waals surface area contributed by atoms with Crippen molar-refractivity contribution < 1.29 is 0 Å². The van der Waals surface area contributed by atoms with Gasteiger partial charge in [0.1, 0.15) is 0 Å². The van der Waals surface area contributed by atoms with E-state index in [4.69, 9.17) is 0 Å². The molecule has 0 aliphatic heterocycles. The third-order valence-corrected chi connectivity index (χ3v) is 5.27. The van der Waals surface area contributed by atoms with E-state index in [-0.39, 0.29) is 0 Å². The number of rotatable bonds is 20. The van der Waals surface area contributed by atoms with E-state index in [1.165, 1.54) is 114 Å². The molecule has 0 aliphatic rings. The maximum Gasteiger partial charge on any atom is -0.0300 e. The molecule has 28 heavy (non-hydrogen) atoms. The zero-order valence-corrected chi connectivity index (χ0v) is 19.6. The first-order valence-electron chi connectivity index (χ1n) is 12.2. The lowest BCUT2D eigenvalue weighted by Crippen LogP contribution is -1.91. The van der Waals surface area contributed by atoms with Gasteiger partial charge in [-0.05, 0) is 70.1 Å². The molecule has 0 saturated carbocycles. The molecule has 0 rings (SSSR count). The minimum absolute atomic E-state index is 0.762. The van der Waals surface area contributed by atoms with E-state index in [9.17, 15) is 0 Å². The Balaban J connectivity index is 3.33. The molecule has 0 unspecified atom stereocenters. The zero-order valence-electron chi connectivity index (χ0n) is 19.6. The molecule has 0 saturated heterocycles. The van der Waals surface area contributed by atoms with Gasteiger partial charge in [0, 0.05) is 0 Å². The first-order chi connectivity index (χ1) is 13.6. The van der Waals surface area contributed by atoms with Crippen LogP contribution in [-0.2, 0) is 0 Å². The Morgan fingerprint density at radius 3 is 1.75 bits per heavy atom. The minimum Gasteiger partial charge on any atom is -0.0999 e. The standard InChI is InChI=1S/C28H50/c1-6-7-22-27(4)23-20-18-16-14-12-10-8-9-11-13-15-17-19-21-24-28(5)25-26(2)3/h10,12,14,16,26H,4-9,11,13,15,17-25H2,1-3H3/b12-10+,16-14+. The Morgan fingerprint density at radius 2 is 1.14 bits per heavy atom. The first kappa shape index (κ1) is 27.0. The smallest absolute Gasteiger partial charge is 0.0300 e. The lowest BCUT2D eigenvalue weighted by Gasteiger charge is -2.08. The maximum absolute atomic E-state index is 4.20. The number of hydrogen-bond donors (Lipinski definition) is 0. The van der Waals surface area contributed by atoms with Crippen LogP contribution >= 0.6 is 0 Å².